The molecule has 10 aromatic heterocycles. The third-order valence-electron chi connectivity index (χ3n) is 11.7. The van der Waals surface area contributed by atoms with Crippen LogP contribution in [0.15, 0.2) is 129 Å². The van der Waals surface area contributed by atoms with Gasteiger partial charge in [0.25, 0.3) is 0 Å². The van der Waals surface area contributed by atoms with Crippen LogP contribution in [0.5, 0.6) is 11.5 Å². The molecule has 10 heterocycles. The number of aryl methyl sites for hydroxylation is 2. The lowest BCUT2D eigenvalue weighted by Crippen LogP contribution is -2.08. The van der Waals surface area contributed by atoms with Crippen molar-refractivity contribution in [3.8, 4) is 52.5 Å². The molecule has 0 aliphatic heterocycles. The first kappa shape index (κ1) is 67.6. The number of pyridine rings is 8. The molecular formula is C60H55Cl3N22O5. The van der Waals surface area contributed by atoms with Crippen LogP contribution in [0, 0.1) is 34.0 Å². The molecule has 0 aromatic carbocycles. The molecule has 27 nitrogen and oxygen atoms in total. The van der Waals surface area contributed by atoms with Crippen LogP contribution in [-0.4, -0.2) is 101 Å². The van der Waals surface area contributed by atoms with E-state index < -0.39 is 0 Å². The van der Waals surface area contributed by atoms with Gasteiger partial charge in [0.15, 0.2) is 52.1 Å². The van der Waals surface area contributed by atoms with Gasteiger partial charge in [-0.1, -0.05) is 73.8 Å². The van der Waals surface area contributed by atoms with E-state index in [4.69, 9.17) is 71.5 Å². The molecule has 456 valence electrons. The van der Waals surface area contributed by atoms with Gasteiger partial charge >= 0.3 is 0 Å². The number of nitrogens with zero attached hydrogens (tertiary/aromatic N) is 17. The highest BCUT2D eigenvalue weighted by Gasteiger charge is 2.20. The monoisotopic (exact) mass is 1270 g/mol. The van der Waals surface area contributed by atoms with Crippen molar-refractivity contribution in [1.29, 1.82) is 15.8 Å². The minimum absolute atomic E-state index is 0.0239. The molecule has 0 saturated carbocycles. The number of hydrogen-bond donors (Lipinski definition) is 5. The zero-order valence-corrected chi connectivity index (χ0v) is 51.4. The van der Waals surface area contributed by atoms with Crippen LogP contribution in [0.1, 0.15) is 88.2 Å². The molecule has 10 aromatic rings. The van der Waals surface area contributed by atoms with Crippen LogP contribution in [0.25, 0.3) is 22.8 Å². The minimum Gasteiger partial charge on any atom is -0.492 e. The summed E-state index contributed by atoms with van der Waals surface area (Å²) < 4.78 is 14.0. The number of anilines is 8. The molecule has 10 rings (SSSR count). The third kappa shape index (κ3) is 19.0. The molecular weight excluding hydrogens is 1220 g/mol. The fraction of sp³-hybridized carbons (Fsp3) is 0.167. The van der Waals surface area contributed by atoms with Crippen LogP contribution in [0.2, 0.25) is 15.2 Å². The maximum atomic E-state index is 12.6. The van der Waals surface area contributed by atoms with Crippen LogP contribution in [0.4, 0.5) is 46.4 Å². The number of methoxy groups -OCH3 is 2. The molecule has 0 saturated heterocycles. The summed E-state index contributed by atoms with van der Waals surface area (Å²) in [6.45, 7) is 5.32. The summed E-state index contributed by atoms with van der Waals surface area (Å²) in [5.41, 5.74) is 15.0. The maximum Gasteiger partial charge on any atom is 0.185 e. The van der Waals surface area contributed by atoms with Gasteiger partial charge in [-0.2, -0.15) is 26.0 Å². The normalized spacial score (nSPS) is 9.99. The molecule has 7 N–H and O–H groups in total. The summed E-state index contributed by atoms with van der Waals surface area (Å²) in [5.74, 6) is 4.75. The van der Waals surface area contributed by atoms with E-state index in [1.165, 1.54) is 31.8 Å². The molecule has 0 fully saturated rings. The average molecular weight is 1270 g/mol. The quantitative estimate of drug-likeness (QED) is 0.0443. The summed E-state index contributed by atoms with van der Waals surface area (Å²) >= 11 is 17.4. The maximum absolute atomic E-state index is 12.6. The highest BCUT2D eigenvalue weighted by atomic mass is 35.5. The van der Waals surface area contributed by atoms with Crippen molar-refractivity contribution < 1.29 is 23.9 Å². The Morgan fingerprint density at radius 3 is 1.44 bits per heavy atom. The summed E-state index contributed by atoms with van der Waals surface area (Å²) in [5, 5.41) is 44.9. The molecule has 0 atom stereocenters. The first-order valence-corrected chi connectivity index (χ1v) is 27.8. The Kier molecular flexibility index (Phi) is 25.0. The van der Waals surface area contributed by atoms with E-state index in [1.807, 2.05) is 18.2 Å². The lowest BCUT2D eigenvalue weighted by atomic mass is 10.1. The van der Waals surface area contributed by atoms with Gasteiger partial charge in [-0.05, 0) is 54.6 Å². The number of ketones is 3. The number of halogens is 3. The number of nitrogens with one attached hydrogen (secondary N) is 3. The van der Waals surface area contributed by atoms with Gasteiger partial charge in [0, 0.05) is 76.5 Å². The first-order valence-electron chi connectivity index (χ1n) is 26.6. The Morgan fingerprint density at radius 1 is 0.533 bits per heavy atom. The van der Waals surface area contributed by atoms with Gasteiger partial charge in [-0.15, -0.1) is 0 Å². The van der Waals surface area contributed by atoms with Crippen LogP contribution < -0.4 is 36.9 Å². The van der Waals surface area contributed by atoms with Crippen molar-refractivity contribution in [3.05, 3.63) is 178 Å². The molecule has 90 heavy (non-hydrogen) atoms. The molecule has 0 amide bonds. The smallest absolute Gasteiger partial charge is 0.185 e. The summed E-state index contributed by atoms with van der Waals surface area (Å²) in [6.07, 6.45) is 11.8. The number of ether oxygens (including phenoxy) is 2. The van der Waals surface area contributed by atoms with Crippen molar-refractivity contribution in [1.82, 2.24) is 69.4 Å². The van der Waals surface area contributed by atoms with Crippen molar-refractivity contribution >= 4 is 98.6 Å². The van der Waals surface area contributed by atoms with Gasteiger partial charge in [0.05, 0.1) is 57.8 Å². The third-order valence-corrected chi connectivity index (χ3v) is 12.6. The minimum atomic E-state index is -0.0901. The van der Waals surface area contributed by atoms with E-state index in [0.717, 1.165) is 5.56 Å². The molecule has 0 spiro atoms. The molecule has 0 radical (unpaired) electrons. The number of carbonyl (C=O) groups is 3. The predicted molar refractivity (Wildman–Crippen MR) is 339 cm³/mol. The number of Topliss-reactive ketones (excluding diaryl/α,β-unsaturated/α-hetero) is 3. The van der Waals surface area contributed by atoms with Gasteiger partial charge in [-0.3, -0.25) is 23.7 Å². The Balaban J connectivity index is 0.000000195. The Hall–Kier alpha value is -11.6. The molecule has 0 bridgehead atoms. The van der Waals surface area contributed by atoms with Crippen LogP contribution >= 0.6 is 34.8 Å². The largest absolute Gasteiger partial charge is 0.492 e. The van der Waals surface area contributed by atoms with E-state index in [2.05, 4.69) is 76.0 Å². The predicted octanol–water partition coefficient (Wildman–Crippen LogP) is 10.9. The second-order valence-electron chi connectivity index (χ2n) is 18.0. The van der Waals surface area contributed by atoms with Crippen LogP contribution in [-0.2, 0) is 14.1 Å². The van der Waals surface area contributed by atoms with Crippen molar-refractivity contribution in [2.24, 2.45) is 14.1 Å². The lowest BCUT2D eigenvalue weighted by Gasteiger charge is -2.16. The Bertz CT molecular complexity index is 4290. The Morgan fingerprint density at radius 2 is 0.989 bits per heavy atom. The molecule has 0 aliphatic rings. The second kappa shape index (κ2) is 33.4. The summed E-state index contributed by atoms with van der Waals surface area (Å²) in [6, 6.07) is 29.1. The highest BCUT2D eigenvalue weighted by molar-refractivity contribution is 6.36. The van der Waals surface area contributed by atoms with Gasteiger partial charge in [0.1, 0.15) is 82.2 Å². The van der Waals surface area contributed by atoms with E-state index in [0.29, 0.717) is 138 Å². The van der Waals surface area contributed by atoms with E-state index in [-0.39, 0.29) is 23.0 Å². The number of aromatic nitrogens is 14. The van der Waals surface area contributed by atoms with Crippen LogP contribution in [0.3, 0.4) is 0 Å². The average Bonchev–Trinajstić information content (AvgIpc) is 1.53. The number of carbonyl (C=O) groups excluding carboxylic acids is 3. The highest BCUT2D eigenvalue weighted by Crippen LogP contribution is 2.36. The second-order valence-corrected chi connectivity index (χ2v) is 19.2. The van der Waals surface area contributed by atoms with E-state index >= 15 is 0 Å². The van der Waals surface area contributed by atoms with Crippen molar-refractivity contribution in [2.45, 2.75) is 40.0 Å². The molecule has 0 aliphatic carbocycles. The molecule has 30 heteroatoms. The number of hydrogen-bond acceptors (Lipinski definition) is 25. The standard InChI is InChI=1S/C23H21N9O2.C14H11ClN4O.C9H11N5O.C8H7Cl2NO.C6H5N3/c1-4-18(33)16-12-26-20(30-19-7-5-6-14(11-24)28-19)10-17(16)29-23-21(34-3)15(8-9-25-23)22-27-13-32(2)31-22;1-2-12(20)10-8-17-14(6-11(10)15)19-13-5-3-4-9(7-16)18-13;1-14-5-12-9(13-14)6-3-4-11-8(10)7(6)15-2;1-2-7(12)5-4-11-8(10)3-6(5)9;7-4-5-2-1-3-6(8)9-5/h5-10,12-13H,4H2,1-3H3,(H2,25,26,28,29,30);3-6,8H,2H2,1H3,(H,17,18,19);3-5H,1-2H3,(H2,10,11);3-4H,2H2,1H3;1-3H,(H2,8,9). The van der Waals surface area contributed by atoms with Crippen molar-refractivity contribution in [2.75, 3.05) is 41.6 Å². The summed E-state index contributed by atoms with van der Waals surface area (Å²) in [4.78, 5) is 76.3. The zero-order valence-electron chi connectivity index (χ0n) is 49.2. The van der Waals surface area contributed by atoms with Crippen molar-refractivity contribution in [3.63, 3.8) is 0 Å². The fourth-order valence-corrected chi connectivity index (χ4v) is 8.20. The van der Waals surface area contributed by atoms with Gasteiger partial charge in [-0.25, -0.2) is 49.8 Å². The molecule has 0 unspecified atom stereocenters. The Labute approximate surface area is 530 Å². The number of nitriles is 3. The topological polar surface area (TPSA) is 394 Å². The summed E-state index contributed by atoms with van der Waals surface area (Å²) in [7, 11) is 6.64. The van der Waals surface area contributed by atoms with Gasteiger partial charge in [0.2, 0.25) is 0 Å². The number of rotatable bonds is 16. The van der Waals surface area contributed by atoms with E-state index in [9.17, 15) is 14.4 Å². The first-order chi connectivity index (χ1) is 43.3. The van der Waals surface area contributed by atoms with Gasteiger partial charge < -0.3 is 36.9 Å². The fourth-order valence-electron chi connectivity index (χ4n) is 7.47. The van der Waals surface area contributed by atoms with E-state index in [1.54, 1.807) is 155 Å². The lowest BCUT2D eigenvalue weighted by molar-refractivity contribution is 0.0980. The zero-order chi connectivity index (χ0) is 65.3. The SMILES string of the molecule is CCC(=O)c1cnc(Cl)cc1Cl.CCC(=O)c1cnc(Nc2cccc(C#N)n2)cc1Cl.CCC(=O)c1cnc(Nc2cccc(C#N)n2)cc1Nc1nccc(-c2ncn(C)n2)c1OC.COc1c(-c2ncn(C)n2)ccnc1N.N#Cc1cccc(N)n1. The number of nitrogens with two attached hydrogens (primary N) is 2. The number of nitrogen functional groups attached to an aromatic ring is 2.